The number of rotatable bonds is 5. The molecule has 1 amide bonds. The maximum Gasteiger partial charge on any atom is 0.258 e. The molecule has 3 N–H and O–H groups in total. The molecule has 0 saturated carbocycles. The minimum Gasteiger partial charge on any atom is -0.483 e. The molecule has 0 aliphatic heterocycles. The number of hydrogen-bond acceptors (Lipinski definition) is 3. The lowest BCUT2D eigenvalue weighted by atomic mass is 9.88. The monoisotopic (exact) mass is 290 g/mol. The number of ether oxygens (including phenoxy) is 1. The molecule has 0 aromatic heterocycles. The van der Waals surface area contributed by atoms with Crippen molar-refractivity contribution < 1.29 is 9.53 Å². The summed E-state index contributed by atoms with van der Waals surface area (Å²) in [6.07, 6.45) is 3.07. The molecule has 0 spiro atoms. The maximum absolute atomic E-state index is 11.9. The minimum atomic E-state index is -0.0751. The van der Waals surface area contributed by atoms with Gasteiger partial charge in [-0.2, -0.15) is 0 Å². The van der Waals surface area contributed by atoms with Crippen LogP contribution in [0.25, 0.3) is 0 Å². The van der Waals surface area contributed by atoms with Crippen molar-refractivity contribution in [2.45, 2.75) is 52.1 Å². The highest BCUT2D eigenvalue weighted by molar-refractivity contribution is 5.77. The van der Waals surface area contributed by atoms with Crippen LogP contribution in [0, 0.1) is 5.92 Å². The average molecular weight is 290 g/mol. The van der Waals surface area contributed by atoms with E-state index in [0.29, 0.717) is 5.92 Å². The molecule has 0 bridgehead atoms. The van der Waals surface area contributed by atoms with Gasteiger partial charge < -0.3 is 15.8 Å². The first-order chi connectivity index (χ1) is 9.99. The van der Waals surface area contributed by atoms with E-state index < -0.39 is 0 Å². The molecular weight excluding hydrogens is 264 g/mol. The van der Waals surface area contributed by atoms with Gasteiger partial charge >= 0.3 is 0 Å². The van der Waals surface area contributed by atoms with Gasteiger partial charge in [-0.15, -0.1) is 0 Å². The molecule has 4 nitrogen and oxygen atoms in total. The molecule has 0 saturated heterocycles. The molecule has 0 fully saturated rings. The van der Waals surface area contributed by atoms with Crippen molar-refractivity contribution in [3.05, 3.63) is 29.3 Å². The van der Waals surface area contributed by atoms with Crippen molar-refractivity contribution in [2.75, 3.05) is 6.61 Å². The lowest BCUT2D eigenvalue weighted by Crippen LogP contribution is -2.39. The highest BCUT2D eigenvalue weighted by Gasteiger charge is 2.20. The number of hydrogen-bond donors (Lipinski definition) is 2. The van der Waals surface area contributed by atoms with Crippen LogP contribution in [0.3, 0.4) is 0 Å². The summed E-state index contributed by atoms with van der Waals surface area (Å²) in [4.78, 5) is 11.9. The van der Waals surface area contributed by atoms with E-state index in [1.54, 1.807) is 0 Å². The van der Waals surface area contributed by atoms with E-state index in [1.165, 1.54) is 5.56 Å². The van der Waals surface area contributed by atoms with Gasteiger partial charge in [0.25, 0.3) is 5.91 Å². The summed E-state index contributed by atoms with van der Waals surface area (Å²) in [6, 6.07) is 6.18. The Hall–Kier alpha value is -1.55. The molecule has 0 heterocycles. The van der Waals surface area contributed by atoms with Crippen LogP contribution in [0.4, 0.5) is 0 Å². The summed E-state index contributed by atoms with van der Waals surface area (Å²) in [5, 5.41) is 2.95. The molecule has 1 aliphatic rings. The SMILES string of the molecule is CC(C)C(C)NC(=O)COc1cccc2c1CCCC2N. The van der Waals surface area contributed by atoms with Crippen molar-refractivity contribution in [2.24, 2.45) is 11.7 Å². The van der Waals surface area contributed by atoms with Crippen LogP contribution in [0.1, 0.15) is 50.8 Å². The zero-order chi connectivity index (χ0) is 15.4. The second-order valence-electron chi connectivity index (χ2n) is 6.21. The summed E-state index contributed by atoms with van der Waals surface area (Å²) in [6.45, 7) is 6.23. The second-order valence-corrected chi connectivity index (χ2v) is 6.21. The van der Waals surface area contributed by atoms with Gasteiger partial charge in [-0.3, -0.25) is 4.79 Å². The van der Waals surface area contributed by atoms with Crippen LogP contribution in [0.15, 0.2) is 18.2 Å². The summed E-state index contributed by atoms with van der Waals surface area (Å²) >= 11 is 0. The van der Waals surface area contributed by atoms with Crippen molar-refractivity contribution >= 4 is 5.91 Å². The molecule has 0 radical (unpaired) electrons. The van der Waals surface area contributed by atoms with E-state index in [1.807, 2.05) is 19.1 Å². The predicted octanol–water partition coefficient (Wildman–Crippen LogP) is 2.56. The first kappa shape index (κ1) is 15.8. The number of nitrogens with two attached hydrogens (primary N) is 1. The third-order valence-electron chi connectivity index (χ3n) is 4.26. The smallest absolute Gasteiger partial charge is 0.258 e. The Morgan fingerprint density at radius 2 is 2.19 bits per heavy atom. The zero-order valence-corrected chi connectivity index (χ0v) is 13.2. The molecule has 2 rings (SSSR count). The van der Waals surface area contributed by atoms with Gasteiger partial charge in [-0.05, 0) is 49.3 Å². The molecule has 2 unspecified atom stereocenters. The van der Waals surface area contributed by atoms with Gasteiger partial charge in [0.05, 0.1) is 0 Å². The largest absolute Gasteiger partial charge is 0.483 e. The van der Waals surface area contributed by atoms with Crippen LogP contribution in [-0.4, -0.2) is 18.6 Å². The lowest BCUT2D eigenvalue weighted by molar-refractivity contribution is -0.124. The number of benzene rings is 1. The van der Waals surface area contributed by atoms with E-state index in [-0.39, 0.29) is 24.6 Å². The number of carbonyl (C=O) groups excluding carboxylic acids is 1. The van der Waals surface area contributed by atoms with Gasteiger partial charge in [0.15, 0.2) is 6.61 Å². The Morgan fingerprint density at radius 1 is 1.43 bits per heavy atom. The fourth-order valence-electron chi connectivity index (χ4n) is 2.59. The van der Waals surface area contributed by atoms with Crippen molar-refractivity contribution in [1.29, 1.82) is 0 Å². The van der Waals surface area contributed by atoms with Crippen molar-refractivity contribution in [3.8, 4) is 5.75 Å². The highest BCUT2D eigenvalue weighted by Crippen LogP contribution is 2.33. The molecule has 2 atom stereocenters. The Labute approximate surface area is 127 Å². The van der Waals surface area contributed by atoms with Crippen LogP contribution in [0.5, 0.6) is 5.75 Å². The fourth-order valence-corrected chi connectivity index (χ4v) is 2.59. The van der Waals surface area contributed by atoms with E-state index >= 15 is 0 Å². The molecule has 116 valence electrons. The van der Waals surface area contributed by atoms with Gasteiger partial charge in [0.1, 0.15) is 5.75 Å². The molecule has 1 aromatic rings. The number of nitrogens with one attached hydrogen (secondary N) is 1. The van der Waals surface area contributed by atoms with Crippen LogP contribution in [-0.2, 0) is 11.2 Å². The quantitative estimate of drug-likeness (QED) is 0.876. The predicted molar refractivity (Wildman–Crippen MR) is 84.2 cm³/mol. The van der Waals surface area contributed by atoms with Crippen molar-refractivity contribution in [1.82, 2.24) is 5.32 Å². The van der Waals surface area contributed by atoms with Crippen LogP contribution in [0.2, 0.25) is 0 Å². The van der Waals surface area contributed by atoms with E-state index in [9.17, 15) is 4.79 Å². The van der Waals surface area contributed by atoms with Gasteiger partial charge in [0.2, 0.25) is 0 Å². The maximum atomic E-state index is 11.9. The molecule has 4 heteroatoms. The number of carbonyl (C=O) groups is 1. The Kier molecular flexibility index (Phi) is 5.23. The van der Waals surface area contributed by atoms with Crippen LogP contribution < -0.4 is 15.8 Å². The second kappa shape index (κ2) is 6.94. The third kappa shape index (κ3) is 3.97. The van der Waals surface area contributed by atoms with Gasteiger partial charge in [-0.1, -0.05) is 26.0 Å². The van der Waals surface area contributed by atoms with Crippen molar-refractivity contribution in [3.63, 3.8) is 0 Å². The number of fused-ring (bicyclic) bond motifs is 1. The standard InChI is InChI=1S/C17H26N2O2/c1-11(2)12(3)19-17(20)10-21-16-9-5-6-13-14(16)7-4-8-15(13)18/h5-6,9,11-12,15H,4,7-8,10,18H2,1-3H3,(H,19,20). The van der Waals surface area contributed by atoms with Crippen LogP contribution >= 0.6 is 0 Å². The molecule has 1 aliphatic carbocycles. The third-order valence-corrected chi connectivity index (χ3v) is 4.26. The zero-order valence-electron chi connectivity index (χ0n) is 13.2. The summed E-state index contributed by atoms with van der Waals surface area (Å²) in [5.74, 6) is 1.14. The normalized spacial score (nSPS) is 19.0. The topological polar surface area (TPSA) is 64.3 Å². The first-order valence-corrected chi connectivity index (χ1v) is 7.78. The average Bonchev–Trinajstić information content (AvgIpc) is 2.45. The summed E-state index contributed by atoms with van der Waals surface area (Å²) in [5.41, 5.74) is 8.46. The Bertz CT molecular complexity index is 500. The minimum absolute atomic E-state index is 0.0583. The number of amides is 1. The Balaban J connectivity index is 1.98. The fraction of sp³-hybridized carbons (Fsp3) is 0.588. The lowest BCUT2D eigenvalue weighted by Gasteiger charge is -2.24. The highest BCUT2D eigenvalue weighted by atomic mass is 16.5. The van der Waals surface area contributed by atoms with E-state index in [2.05, 4.69) is 25.2 Å². The van der Waals surface area contributed by atoms with Gasteiger partial charge in [-0.25, -0.2) is 0 Å². The first-order valence-electron chi connectivity index (χ1n) is 7.78. The summed E-state index contributed by atoms with van der Waals surface area (Å²) in [7, 11) is 0. The molecule has 21 heavy (non-hydrogen) atoms. The molecular formula is C17H26N2O2. The van der Waals surface area contributed by atoms with E-state index in [0.717, 1.165) is 30.6 Å². The Morgan fingerprint density at radius 3 is 2.90 bits per heavy atom. The van der Waals surface area contributed by atoms with Gasteiger partial charge in [0, 0.05) is 12.1 Å². The van der Waals surface area contributed by atoms with E-state index in [4.69, 9.17) is 10.5 Å². The summed E-state index contributed by atoms with van der Waals surface area (Å²) < 4.78 is 5.73. The molecule has 1 aromatic carbocycles.